The molecule has 1 aliphatic heterocycles. The smallest absolute Gasteiger partial charge is 0.337 e. The molecule has 3 N–H and O–H groups in total. The van der Waals surface area contributed by atoms with Crippen molar-refractivity contribution in [3.63, 3.8) is 0 Å². The number of aromatic carboxylic acids is 1. The maximum atomic E-state index is 11.3. The fourth-order valence-corrected chi connectivity index (χ4v) is 2.42. The lowest BCUT2D eigenvalue weighted by atomic mass is 10.1. The van der Waals surface area contributed by atoms with Crippen LogP contribution >= 0.6 is 11.6 Å². The summed E-state index contributed by atoms with van der Waals surface area (Å²) in [5, 5.41) is 9.61. The first-order chi connectivity index (χ1) is 8.59. The molecule has 1 heterocycles. The molecule has 1 fully saturated rings. The molecule has 0 bridgehead atoms. The van der Waals surface area contributed by atoms with Crippen LogP contribution in [0.3, 0.4) is 0 Å². The van der Waals surface area contributed by atoms with E-state index in [4.69, 9.17) is 22.1 Å². The molecule has 6 heteroatoms. The molecule has 0 amide bonds. The monoisotopic (exact) mass is 270 g/mol. The summed E-state index contributed by atoms with van der Waals surface area (Å²) in [5.41, 5.74) is 6.66. The van der Waals surface area contributed by atoms with E-state index in [1.807, 2.05) is 4.90 Å². The normalized spacial score (nSPS) is 16.4. The van der Waals surface area contributed by atoms with Crippen molar-refractivity contribution in [3.05, 3.63) is 22.7 Å². The van der Waals surface area contributed by atoms with Crippen LogP contribution in [0, 0.1) is 0 Å². The van der Waals surface area contributed by atoms with Gasteiger partial charge < -0.3 is 20.5 Å². The van der Waals surface area contributed by atoms with E-state index in [0.29, 0.717) is 36.2 Å². The number of halogens is 1. The first kappa shape index (κ1) is 13.0. The van der Waals surface area contributed by atoms with E-state index in [9.17, 15) is 9.90 Å². The van der Waals surface area contributed by atoms with Gasteiger partial charge in [-0.15, -0.1) is 0 Å². The van der Waals surface area contributed by atoms with Crippen molar-refractivity contribution >= 4 is 28.9 Å². The second-order valence-electron chi connectivity index (χ2n) is 4.16. The SMILES string of the molecule is Nc1cc(Cl)c(N2CCCOCC2)c(C(=O)O)c1. The number of benzene rings is 1. The molecule has 0 aliphatic carbocycles. The molecule has 2 rings (SSSR count). The number of ether oxygens (including phenoxy) is 1. The number of nitrogens with two attached hydrogens (primary N) is 1. The summed E-state index contributed by atoms with van der Waals surface area (Å²) in [6.07, 6.45) is 0.847. The molecule has 0 aromatic heterocycles. The summed E-state index contributed by atoms with van der Waals surface area (Å²) in [4.78, 5) is 13.2. The minimum atomic E-state index is -1.02. The molecule has 1 aromatic rings. The Labute approximate surface area is 110 Å². The molecule has 5 nitrogen and oxygen atoms in total. The van der Waals surface area contributed by atoms with Gasteiger partial charge in [0.25, 0.3) is 0 Å². The quantitative estimate of drug-likeness (QED) is 0.802. The van der Waals surface area contributed by atoms with Crippen LogP contribution in [0.5, 0.6) is 0 Å². The third-order valence-electron chi connectivity index (χ3n) is 2.85. The molecule has 1 aromatic carbocycles. The van der Waals surface area contributed by atoms with Crippen molar-refractivity contribution in [3.8, 4) is 0 Å². The van der Waals surface area contributed by atoms with Gasteiger partial charge in [-0.05, 0) is 18.6 Å². The minimum absolute atomic E-state index is 0.141. The maximum Gasteiger partial charge on any atom is 0.337 e. The van der Waals surface area contributed by atoms with E-state index >= 15 is 0 Å². The largest absolute Gasteiger partial charge is 0.478 e. The average Bonchev–Trinajstić information content (AvgIpc) is 2.56. The van der Waals surface area contributed by atoms with Gasteiger partial charge in [0, 0.05) is 25.4 Å². The van der Waals surface area contributed by atoms with Gasteiger partial charge in [-0.3, -0.25) is 0 Å². The number of carbonyl (C=O) groups is 1. The molecule has 0 radical (unpaired) electrons. The molecular weight excluding hydrogens is 256 g/mol. The summed E-state index contributed by atoms with van der Waals surface area (Å²) in [5.74, 6) is -1.02. The van der Waals surface area contributed by atoms with Crippen LogP contribution in [0.1, 0.15) is 16.8 Å². The molecule has 0 spiro atoms. The van der Waals surface area contributed by atoms with E-state index < -0.39 is 5.97 Å². The fraction of sp³-hybridized carbons (Fsp3) is 0.417. The zero-order valence-corrected chi connectivity index (χ0v) is 10.6. The van der Waals surface area contributed by atoms with E-state index in [1.54, 1.807) is 6.07 Å². The Morgan fingerprint density at radius 1 is 1.39 bits per heavy atom. The van der Waals surface area contributed by atoms with Gasteiger partial charge in [0.1, 0.15) is 0 Å². The van der Waals surface area contributed by atoms with Crippen LogP contribution in [0.2, 0.25) is 5.02 Å². The topological polar surface area (TPSA) is 75.8 Å². The van der Waals surface area contributed by atoms with E-state index in [-0.39, 0.29) is 5.56 Å². The van der Waals surface area contributed by atoms with Gasteiger partial charge in [0.15, 0.2) is 0 Å². The number of carboxylic acid groups (broad SMARTS) is 1. The standard InChI is InChI=1S/C12H15ClN2O3/c13-10-7-8(14)6-9(12(16)17)11(10)15-2-1-4-18-5-3-15/h6-7H,1-5,14H2,(H,16,17). The number of nitrogens with zero attached hydrogens (tertiary/aromatic N) is 1. The Morgan fingerprint density at radius 2 is 2.17 bits per heavy atom. The Hall–Kier alpha value is -1.46. The van der Waals surface area contributed by atoms with Gasteiger partial charge in [-0.2, -0.15) is 0 Å². The molecule has 0 saturated carbocycles. The van der Waals surface area contributed by atoms with Crippen LogP contribution in [-0.4, -0.2) is 37.4 Å². The Bertz CT molecular complexity index is 457. The van der Waals surface area contributed by atoms with Crippen LogP contribution in [0.4, 0.5) is 11.4 Å². The van der Waals surface area contributed by atoms with E-state index in [2.05, 4.69) is 0 Å². The second kappa shape index (κ2) is 5.46. The van der Waals surface area contributed by atoms with Gasteiger partial charge in [0.2, 0.25) is 0 Å². The fourth-order valence-electron chi connectivity index (χ4n) is 2.07. The predicted octanol–water partition coefficient (Wildman–Crippen LogP) is 1.85. The summed E-state index contributed by atoms with van der Waals surface area (Å²) >= 11 is 6.14. The number of hydrogen-bond acceptors (Lipinski definition) is 4. The van der Waals surface area contributed by atoms with Crippen LogP contribution in [-0.2, 0) is 4.74 Å². The van der Waals surface area contributed by atoms with Crippen LogP contribution < -0.4 is 10.6 Å². The molecular formula is C12H15ClN2O3. The molecule has 0 unspecified atom stereocenters. The van der Waals surface area contributed by atoms with Crippen molar-refractivity contribution in [2.75, 3.05) is 36.9 Å². The third kappa shape index (κ3) is 2.68. The highest BCUT2D eigenvalue weighted by atomic mass is 35.5. The van der Waals surface area contributed by atoms with Crippen molar-refractivity contribution < 1.29 is 14.6 Å². The van der Waals surface area contributed by atoms with E-state index in [0.717, 1.165) is 13.0 Å². The highest BCUT2D eigenvalue weighted by molar-refractivity contribution is 6.34. The van der Waals surface area contributed by atoms with Crippen molar-refractivity contribution in [1.82, 2.24) is 0 Å². The molecule has 0 atom stereocenters. The highest BCUT2D eigenvalue weighted by Crippen LogP contribution is 2.33. The molecule has 18 heavy (non-hydrogen) atoms. The van der Waals surface area contributed by atoms with Gasteiger partial charge >= 0.3 is 5.97 Å². The first-order valence-electron chi connectivity index (χ1n) is 5.74. The number of nitrogen functional groups attached to an aromatic ring is 1. The Morgan fingerprint density at radius 3 is 2.89 bits per heavy atom. The average molecular weight is 271 g/mol. The molecule has 98 valence electrons. The third-order valence-corrected chi connectivity index (χ3v) is 3.14. The lowest BCUT2D eigenvalue weighted by molar-refractivity contribution is 0.0697. The van der Waals surface area contributed by atoms with Crippen molar-refractivity contribution in [2.24, 2.45) is 0 Å². The maximum absolute atomic E-state index is 11.3. The number of rotatable bonds is 2. The second-order valence-corrected chi connectivity index (χ2v) is 4.56. The number of anilines is 2. The van der Waals surface area contributed by atoms with Crippen LogP contribution in [0.25, 0.3) is 0 Å². The number of carboxylic acids is 1. The number of hydrogen-bond donors (Lipinski definition) is 2. The highest BCUT2D eigenvalue weighted by Gasteiger charge is 2.21. The molecule has 1 aliphatic rings. The zero-order chi connectivity index (χ0) is 13.1. The Balaban J connectivity index is 2.43. The van der Waals surface area contributed by atoms with Crippen molar-refractivity contribution in [2.45, 2.75) is 6.42 Å². The summed E-state index contributed by atoms with van der Waals surface area (Å²) in [6.45, 7) is 2.61. The van der Waals surface area contributed by atoms with Gasteiger partial charge in [-0.25, -0.2) is 4.79 Å². The van der Waals surface area contributed by atoms with Gasteiger partial charge in [0.05, 0.1) is 22.9 Å². The summed E-state index contributed by atoms with van der Waals surface area (Å²) < 4.78 is 5.35. The molecule has 1 saturated heterocycles. The predicted molar refractivity (Wildman–Crippen MR) is 70.5 cm³/mol. The lowest BCUT2D eigenvalue weighted by Crippen LogP contribution is -2.28. The van der Waals surface area contributed by atoms with Gasteiger partial charge in [-0.1, -0.05) is 11.6 Å². The zero-order valence-electron chi connectivity index (χ0n) is 9.86. The first-order valence-corrected chi connectivity index (χ1v) is 6.12. The summed E-state index contributed by atoms with van der Waals surface area (Å²) in [6, 6.07) is 3.02. The lowest BCUT2D eigenvalue weighted by Gasteiger charge is -2.25. The Kier molecular flexibility index (Phi) is 3.93. The minimum Gasteiger partial charge on any atom is -0.478 e. The summed E-state index contributed by atoms with van der Waals surface area (Å²) in [7, 11) is 0. The van der Waals surface area contributed by atoms with Crippen LogP contribution in [0.15, 0.2) is 12.1 Å². The van der Waals surface area contributed by atoms with Crippen molar-refractivity contribution in [1.29, 1.82) is 0 Å². The van der Waals surface area contributed by atoms with E-state index in [1.165, 1.54) is 6.07 Å².